The van der Waals surface area contributed by atoms with Crippen molar-refractivity contribution in [3.63, 3.8) is 0 Å². The van der Waals surface area contributed by atoms with Crippen molar-refractivity contribution in [3.8, 4) is 0 Å². The normalized spacial score (nSPS) is 12.7. The monoisotopic (exact) mass is 261 g/mol. The van der Waals surface area contributed by atoms with Gasteiger partial charge in [0.15, 0.2) is 0 Å². The Morgan fingerprint density at radius 2 is 2.00 bits per heavy atom. The van der Waals surface area contributed by atoms with Crippen LogP contribution in [0.3, 0.4) is 0 Å². The van der Waals surface area contributed by atoms with Gasteiger partial charge < -0.3 is 10.4 Å². The quantitative estimate of drug-likeness (QED) is 0.739. The topological polar surface area (TPSA) is 32.3 Å². The highest BCUT2D eigenvalue weighted by Crippen LogP contribution is 2.19. The fourth-order valence-corrected chi connectivity index (χ4v) is 1.94. The summed E-state index contributed by atoms with van der Waals surface area (Å²) >= 11 is 1.74. The maximum absolute atomic E-state index is 13.3. The Morgan fingerprint density at radius 3 is 2.59 bits per heavy atom. The molecule has 96 valence electrons. The van der Waals surface area contributed by atoms with Gasteiger partial charge in [-0.05, 0) is 37.1 Å². The van der Waals surface area contributed by atoms with E-state index in [4.69, 9.17) is 0 Å². The van der Waals surface area contributed by atoms with Crippen LogP contribution in [0, 0.1) is 11.6 Å². The van der Waals surface area contributed by atoms with E-state index in [9.17, 15) is 13.9 Å². The molecule has 2 nitrogen and oxygen atoms in total. The van der Waals surface area contributed by atoms with E-state index >= 15 is 0 Å². The van der Waals surface area contributed by atoms with Crippen LogP contribution < -0.4 is 5.32 Å². The van der Waals surface area contributed by atoms with Crippen molar-refractivity contribution < 1.29 is 13.9 Å². The Hall–Kier alpha value is -0.650. The molecule has 1 rings (SSSR count). The summed E-state index contributed by atoms with van der Waals surface area (Å²) in [7, 11) is 0. The van der Waals surface area contributed by atoms with Crippen molar-refractivity contribution >= 4 is 11.8 Å². The summed E-state index contributed by atoms with van der Waals surface area (Å²) in [5, 5.41) is 12.7. The van der Waals surface area contributed by atoms with E-state index in [1.54, 1.807) is 11.8 Å². The zero-order chi connectivity index (χ0) is 12.7. The molecule has 0 aliphatic heterocycles. The molecule has 0 saturated heterocycles. The van der Waals surface area contributed by atoms with E-state index < -0.39 is 17.7 Å². The van der Waals surface area contributed by atoms with E-state index in [1.165, 1.54) is 6.07 Å². The van der Waals surface area contributed by atoms with E-state index in [0.717, 1.165) is 30.9 Å². The molecule has 1 atom stereocenters. The van der Waals surface area contributed by atoms with Gasteiger partial charge >= 0.3 is 0 Å². The van der Waals surface area contributed by atoms with Gasteiger partial charge in [-0.2, -0.15) is 11.8 Å². The first kappa shape index (κ1) is 14.4. The smallest absolute Gasteiger partial charge is 0.131 e. The lowest BCUT2D eigenvalue weighted by Crippen LogP contribution is -2.24. The molecule has 0 amide bonds. The van der Waals surface area contributed by atoms with Crippen molar-refractivity contribution in [2.75, 3.05) is 25.1 Å². The van der Waals surface area contributed by atoms with Crippen LogP contribution in [0.1, 0.15) is 18.1 Å². The molecule has 1 unspecified atom stereocenters. The average molecular weight is 261 g/mol. The number of halogens is 2. The van der Waals surface area contributed by atoms with Crippen LogP contribution in [0.25, 0.3) is 0 Å². The first-order valence-electron chi connectivity index (χ1n) is 5.48. The van der Waals surface area contributed by atoms with Crippen molar-refractivity contribution in [2.24, 2.45) is 0 Å². The van der Waals surface area contributed by atoms with Gasteiger partial charge in [0.25, 0.3) is 0 Å². The zero-order valence-electron chi connectivity index (χ0n) is 9.75. The third kappa shape index (κ3) is 4.61. The van der Waals surface area contributed by atoms with Gasteiger partial charge in [0.2, 0.25) is 0 Å². The minimum absolute atomic E-state index is 0.159. The minimum Gasteiger partial charge on any atom is -0.387 e. The lowest BCUT2D eigenvalue weighted by molar-refractivity contribution is 0.165. The third-order valence-corrected chi connectivity index (χ3v) is 3.07. The molecule has 5 heteroatoms. The molecular formula is C12H17F2NOS. The summed E-state index contributed by atoms with van der Waals surface area (Å²) in [4.78, 5) is 0. The van der Waals surface area contributed by atoms with Gasteiger partial charge in [-0.15, -0.1) is 0 Å². The molecule has 0 fully saturated rings. The van der Waals surface area contributed by atoms with Gasteiger partial charge in [0, 0.05) is 6.54 Å². The molecule has 17 heavy (non-hydrogen) atoms. The Labute approximate surface area is 104 Å². The molecule has 0 spiro atoms. The molecular weight excluding hydrogens is 244 g/mol. The van der Waals surface area contributed by atoms with Crippen LogP contribution in [0.2, 0.25) is 0 Å². The van der Waals surface area contributed by atoms with Crippen LogP contribution >= 0.6 is 11.8 Å². The Bertz CT molecular complexity index is 329. The summed E-state index contributed by atoms with van der Waals surface area (Å²) in [5.74, 6) is -0.385. The van der Waals surface area contributed by atoms with Gasteiger partial charge in [-0.3, -0.25) is 0 Å². The molecule has 0 saturated carbocycles. The molecule has 0 aliphatic carbocycles. The van der Waals surface area contributed by atoms with E-state index in [0.29, 0.717) is 0 Å². The van der Waals surface area contributed by atoms with Gasteiger partial charge in [0.1, 0.15) is 11.6 Å². The number of aliphatic hydroxyl groups is 1. The van der Waals surface area contributed by atoms with Crippen LogP contribution in [0.15, 0.2) is 18.2 Å². The van der Waals surface area contributed by atoms with Crippen molar-refractivity contribution in [1.29, 1.82) is 0 Å². The highest BCUT2D eigenvalue weighted by molar-refractivity contribution is 7.98. The highest BCUT2D eigenvalue weighted by atomic mass is 32.2. The van der Waals surface area contributed by atoms with Crippen molar-refractivity contribution in [3.05, 3.63) is 35.4 Å². The third-order valence-electron chi connectivity index (χ3n) is 2.37. The Kier molecular flexibility index (Phi) is 6.47. The van der Waals surface area contributed by atoms with Gasteiger partial charge in [-0.1, -0.05) is 6.07 Å². The number of thioether (sulfide) groups is 1. The highest BCUT2D eigenvalue weighted by Gasteiger charge is 2.16. The summed E-state index contributed by atoms with van der Waals surface area (Å²) in [5.41, 5.74) is -0.259. The largest absolute Gasteiger partial charge is 0.387 e. The summed E-state index contributed by atoms with van der Waals surface area (Å²) in [6, 6.07) is 3.58. The lowest BCUT2D eigenvalue weighted by atomic mass is 10.1. The van der Waals surface area contributed by atoms with Crippen LogP contribution in [0.5, 0.6) is 0 Å². The van der Waals surface area contributed by atoms with Crippen LogP contribution in [0.4, 0.5) is 8.78 Å². The standard InChI is InChI=1S/C12H17F2NOS/c1-17-7-3-6-15-8-11(16)12-9(13)4-2-5-10(12)14/h2,4-5,11,15-16H,3,6-8H2,1H3. The lowest BCUT2D eigenvalue weighted by Gasteiger charge is -2.13. The number of benzene rings is 1. The first-order chi connectivity index (χ1) is 8.16. The van der Waals surface area contributed by atoms with E-state index in [-0.39, 0.29) is 12.1 Å². The van der Waals surface area contributed by atoms with Gasteiger partial charge in [0.05, 0.1) is 11.7 Å². The molecule has 0 radical (unpaired) electrons. The number of rotatable bonds is 7. The predicted octanol–water partition coefficient (Wildman–Crippen LogP) is 2.34. The Balaban J connectivity index is 2.44. The molecule has 0 aromatic heterocycles. The summed E-state index contributed by atoms with van der Waals surface area (Å²) < 4.78 is 26.6. The number of aliphatic hydroxyl groups excluding tert-OH is 1. The molecule has 0 heterocycles. The molecule has 0 bridgehead atoms. The molecule has 1 aromatic rings. The maximum Gasteiger partial charge on any atom is 0.131 e. The number of nitrogens with one attached hydrogen (secondary N) is 1. The number of hydrogen-bond acceptors (Lipinski definition) is 3. The second-order valence-corrected chi connectivity index (χ2v) is 4.69. The predicted molar refractivity (Wildman–Crippen MR) is 67.2 cm³/mol. The van der Waals surface area contributed by atoms with Crippen LogP contribution in [-0.4, -0.2) is 30.2 Å². The molecule has 1 aromatic carbocycles. The zero-order valence-corrected chi connectivity index (χ0v) is 10.6. The molecule has 2 N–H and O–H groups in total. The fraction of sp³-hybridized carbons (Fsp3) is 0.500. The summed E-state index contributed by atoms with van der Waals surface area (Å²) in [6.45, 7) is 0.889. The van der Waals surface area contributed by atoms with E-state index in [1.807, 2.05) is 6.26 Å². The average Bonchev–Trinajstić information content (AvgIpc) is 2.28. The number of hydrogen-bond donors (Lipinski definition) is 2. The Morgan fingerprint density at radius 1 is 1.35 bits per heavy atom. The molecule has 0 aliphatic rings. The maximum atomic E-state index is 13.3. The summed E-state index contributed by atoms with van der Waals surface area (Å²) in [6.07, 6.45) is 1.84. The second-order valence-electron chi connectivity index (χ2n) is 3.70. The van der Waals surface area contributed by atoms with Crippen molar-refractivity contribution in [2.45, 2.75) is 12.5 Å². The van der Waals surface area contributed by atoms with Crippen molar-refractivity contribution in [1.82, 2.24) is 5.32 Å². The minimum atomic E-state index is -1.15. The fourth-order valence-electron chi connectivity index (χ4n) is 1.51. The van der Waals surface area contributed by atoms with E-state index in [2.05, 4.69) is 5.32 Å². The van der Waals surface area contributed by atoms with Crippen LogP contribution in [-0.2, 0) is 0 Å². The SMILES string of the molecule is CSCCCNCC(O)c1c(F)cccc1F. The van der Waals surface area contributed by atoms with Gasteiger partial charge in [-0.25, -0.2) is 8.78 Å². The first-order valence-corrected chi connectivity index (χ1v) is 6.87. The second kappa shape index (κ2) is 7.63.